The molecule has 1 atom stereocenters. The Balaban J connectivity index is 1.67. The molecule has 6 heteroatoms. The number of amides is 1. The molecule has 1 amide bonds. The first-order valence-corrected chi connectivity index (χ1v) is 9.42. The van der Waals surface area contributed by atoms with E-state index in [-0.39, 0.29) is 23.7 Å². The Labute approximate surface area is 157 Å². The number of hydrogen-bond acceptors (Lipinski definition) is 3. The summed E-state index contributed by atoms with van der Waals surface area (Å²) in [5, 5.41) is 0.767. The second-order valence-electron chi connectivity index (χ2n) is 7.40. The van der Waals surface area contributed by atoms with Crippen LogP contribution >= 0.6 is 0 Å². The Hall–Kier alpha value is -2.76. The Morgan fingerprint density at radius 3 is 2.93 bits per heavy atom. The molecule has 0 saturated carbocycles. The number of halogens is 1. The van der Waals surface area contributed by atoms with Crippen LogP contribution in [0, 0.1) is 11.7 Å². The predicted molar refractivity (Wildman–Crippen MR) is 103 cm³/mol. The first-order chi connectivity index (χ1) is 13.0. The molecule has 2 aromatic heterocycles. The van der Waals surface area contributed by atoms with Gasteiger partial charge in [-0.25, -0.2) is 14.4 Å². The first-order valence-electron chi connectivity index (χ1n) is 9.42. The van der Waals surface area contributed by atoms with E-state index in [4.69, 9.17) is 0 Å². The van der Waals surface area contributed by atoms with Crippen LogP contribution in [-0.2, 0) is 4.79 Å². The molecule has 0 aliphatic carbocycles. The van der Waals surface area contributed by atoms with Crippen LogP contribution in [0.4, 0.5) is 4.39 Å². The number of para-hydroxylation sites is 1. The first kappa shape index (κ1) is 17.6. The van der Waals surface area contributed by atoms with Gasteiger partial charge in [0.15, 0.2) is 5.82 Å². The van der Waals surface area contributed by atoms with E-state index in [9.17, 15) is 9.18 Å². The van der Waals surface area contributed by atoms with Gasteiger partial charge in [-0.05, 0) is 25.0 Å². The Morgan fingerprint density at radius 2 is 2.11 bits per heavy atom. The molecule has 0 N–H and O–H groups in total. The van der Waals surface area contributed by atoms with Gasteiger partial charge in [0.2, 0.25) is 5.91 Å². The number of carbonyl (C=O) groups excluding carboxylic acids is 1. The van der Waals surface area contributed by atoms with E-state index in [1.807, 2.05) is 43.1 Å². The van der Waals surface area contributed by atoms with Crippen molar-refractivity contribution in [1.82, 2.24) is 19.4 Å². The zero-order chi connectivity index (χ0) is 19.0. The maximum absolute atomic E-state index is 14.1. The topological polar surface area (TPSA) is 51.0 Å². The third-order valence-corrected chi connectivity index (χ3v) is 5.16. The van der Waals surface area contributed by atoms with Crippen molar-refractivity contribution in [2.24, 2.45) is 5.92 Å². The maximum atomic E-state index is 14.1. The summed E-state index contributed by atoms with van der Waals surface area (Å²) in [6.07, 6.45) is 5.61. The van der Waals surface area contributed by atoms with Gasteiger partial charge in [0, 0.05) is 36.8 Å². The van der Waals surface area contributed by atoms with E-state index < -0.39 is 0 Å². The molecule has 1 saturated heterocycles. The van der Waals surface area contributed by atoms with Crippen molar-refractivity contribution in [3.63, 3.8) is 0 Å². The molecule has 0 bridgehead atoms. The number of rotatable bonds is 3. The number of fused-ring (bicyclic) bond motifs is 1. The summed E-state index contributed by atoms with van der Waals surface area (Å²) in [6.45, 7) is 5.34. The fourth-order valence-electron chi connectivity index (χ4n) is 3.79. The minimum absolute atomic E-state index is 0.00358. The van der Waals surface area contributed by atoms with Crippen LogP contribution in [-0.4, -0.2) is 38.4 Å². The van der Waals surface area contributed by atoms with Crippen molar-refractivity contribution in [2.45, 2.75) is 32.7 Å². The van der Waals surface area contributed by atoms with Gasteiger partial charge in [-0.3, -0.25) is 4.79 Å². The zero-order valence-electron chi connectivity index (χ0n) is 15.6. The fourth-order valence-corrected chi connectivity index (χ4v) is 3.79. The smallest absolute Gasteiger partial charge is 0.225 e. The molecule has 3 heterocycles. The average Bonchev–Trinajstić information content (AvgIpc) is 3.17. The summed E-state index contributed by atoms with van der Waals surface area (Å²) in [5.74, 6) is 0.561. The number of hydrogen-bond donors (Lipinski definition) is 0. The van der Waals surface area contributed by atoms with E-state index in [1.54, 1.807) is 12.3 Å². The molecular formula is C21H23FN4O. The van der Waals surface area contributed by atoms with Gasteiger partial charge in [-0.1, -0.05) is 32.0 Å². The number of aromatic nitrogens is 3. The van der Waals surface area contributed by atoms with Crippen molar-refractivity contribution in [3.05, 3.63) is 48.5 Å². The number of benzene rings is 1. The SMILES string of the molecule is CC(C)C(=O)N1CCC[C@H](n2ccnc2-c2ccc3cccc(F)c3n2)C1. The number of likely N-dealkylation sites (tertiary alicyclic amines) is 1. The minimum Gasteiger partial charge on any atom is -0.340 e. The van der Waals surface area contributed by atoms with Crippen LogP contribution in [0.5, 0.6) is 0 Å². The lowest BCUT2D eigenvalue weighted by atomic mass is 10.0. The Morgan fingerprint density at radius 1 is 1.26 bits per heavy atom. The summed E-state index contributed by atoms with van der Waals surface area (Å²) in [7, 11) is 0. The van der Waals surface area contributed by atoms with Crippen molar-refractivity contribution >= 4 is 16.8 Å². The molecule has 27 heavy (non-hydrogen) atoms. The van der Waals surface area contributed by atoms with E-state index >= 15 is 0 Å². The van der Waals surface area contributed by atoms with Crippen LogP contribution in [0.1, 0.15) is 32.7 Å². The molecule has 0 radical (unpaired) electrons. The average molecular weight is 366 g/mol. The van der Waals surface area contributed by atoms with Crippen molar-refractivity contribution < 1.29 is 9.18 Å². The minimum atomic E-state index is -0.334. The number of pyridine rings is 1. The normalized spacial score (nSPS) is 17.6. The highest BCUT2D eigenvalue weighted by atomic mass is 19.1. The van der Waals surface area contributed by atoms with E-state index in [2.05, 4.69) is 14.5 Å². The van der Waals surface area contributed by atoms with Crippen LogP contribution in [0.15, 0.2) is 42.7 Å². The summed E-state index contributed by atoms with van der Waals surface area (Å²) in [6, 6.07) is 8.84. The lowest BCUT2D eigenvalue weighted by Crippen LogP contribution is -2.42. The fraction of sp³-hybridized carbons (Fsp3) is 0.381. The van der Waals surface area contributed by atoms with Gasteiger partial charge in [-0.2, -0.15) is 0 Å². The summed E-state index contributed by atoms with van der Waals surface area (Å²) < 4.78 is 16.2. The predicted octanol–water partition coefficient (Wildman–Crippen LogP) is 4.06. The van der Waals surface area contributed by atoms with Crippen molar-refractivity contribution in [3.8, 4) is 11.5 Å². The highest BCUT2D eigenvalue weighted by Gasteiger charge is 2.27. The zero-order valence-corrected chi connectivity index (χ0v) is 15.6. The molecule has 4 rings (SSSR count). The summed E-state index contributed by atoms with van der Waals surface area (Å²) in [4.78, 5) is 23.3. The number of nitrogens with zero attached hydrogens (tertiary/aromatic N) is 4. The van der Waals surface area contributed by atoms with Crippen LogP contribution < -0.4 is 0 Å². The quantitative estimate of drug-likeness (QED) is 0.702. The molecule has 5 nitrogen and oxygen atoms in total. The Kier molecular flexibility index (Phi) is 4.64. The second-order valence-corrected chi connectivity index (χ2v) is 7.40. The van der Waals surface area contributed by atoms with E-state index in [0.29, 0.717) is 23.6 Å². The molecule has 1 aromatic carbocycles. The lowest BCUT2D eigenvalue weighted by Gasteiger charge is -2.35. The van der Waals surface area contributed by atoms with Crippen molar-refractivity contribution in [2.75, 3.05) is 13.1 Å². The van der Waals surface area contributed by atoms with Crippen LogP contribution in [0.25, 0.3) is 22.4 Å². The molecule has 1 fully saturated rings. The largest absolute Gasteiger partial charge is 0.340 e. The van der Waals surface area contributed by atoms with Crippen LogP contribution in [0.3, 0.4) is 0 Å². The Bertz CT molecular complexity index is 981. The third-order valence-electron chi connectivity index (χ3n) is 5.16. The second kappa shape index (κ2) is 7.10. The maximum Gasteiger partial charge on any atom is 0.225 e. The summed E-state index contributed by atoms with van der Waals surface area (Å²) in [5.41, 5.74) is 0.995. The highest BCUT2D eigenvalue weighted by molar-refractivity contribution is 5.81. The standard InChI is InChI=1S/C21H23FN4O/c1-14(2)21(27)25-11-4-6-16(13-25)26-12-10-23-20(26)18-9-8-15-5-3-7-17(22)19(15)24-18/h3,5,7-10,12,14,16H,4,6,11,13H2,1-2H3/t16-/m0/s1. The van der Waals surface area contributed by atoms with E-state index in [0.717, 1.165) is 24.8 Å². The van der Waals surface area contributed by atoms with Gasteiger partial charge in [0.1, 0.15) is 17.0 Å². The lowest BCUT2D eigenvalue weighted by molar-refractivity contribution is -0.136. The molecular weight excluding hydrogens is 343 g/mol. The van der Waals surface area contributed by atoms with Gasteiger partial charge in [0.05, 0.1) is 6.04 Å². The summed E-state index contributed by atoms with van der Waals surface area (Å²) >= 11 is 0. The molecule has 3 aromatic rings. The van der Waals surface area contributed by atoms with Crippen molar-refractivity contribution in [1.29, 1.82) is 0 Å². The number of imidazole rings is 1. The number of piperidine rings is 1. The molecule has 1 aliphatic rings. The molecule has 0 spiro atoms. The third kappa shape index (κ3) is 3.31. The van der Waals surface area contributed by atoms with Gasteiger partial charge >= 0.3 is 0 Å². The van der Waals surface area contributed by atoms with E-state index in [1.165, 1.54) is 6.07 Å². The monoisotopic (exact) mass is 366 g/mol. The van der Waals surface area contributed by atoms with Gasteiger partial charge in [-0.15, -0.1) is 0 Å². The molecule has 1 aliphatic heterocycles. The molecule has 0 unspecified atom stereocenters. The van der Waals surface area contributed by atoms with Gasteiger partial charge < -0.3 is 9.47 Å². The highest BCUT2D eigenvalue weighted by Crippen LogP contribution is 2.28. The van der Waals surface area contributed by atoms with Crippen LogP contribution in [0.2, 0.25) is 0 Å². The van der Waals surface area contributed by atoms with Gasteiger partial charge in [0.25, 0.3) is 0 Å². The molecule has 140 valence electrons. The number of carbonyl (C=O) groups is 1.